The van der Waals surface area contributed by atoms with Gasteiger partial charge in [0.2, 0.25) is 5.91 Å². The second-order valence-corrected chi connectivity index (χ2v) is 6.69. The van der Waals surface area contributed by atoms with Gasteiger partial charge in [0, 0.05) is 44.3 Å². The summed E-state index contributed by atoms with van der Waals surface area (Å²) >= 11 is 0. The van der Waals surface area contributed by atoms with Crippen molar-refractivity contribution in [2.24, 2.45) is 5.92 Å². The standard InChI is InChI=1S/C20H29FN2O3/c1-2-3-13-26-14-5-10-22-19(24)16-8-11-23(12-9-16)20(25)17-6-4-7-18(21)15-17/h4,6-7,15-16H,2-3,5,8-14H2,1H3,(H,22,24). The smallest absolute Gasteiger partial charge is 0.253 e. The van der Waals surface area contributed by atoms with E-state index in [1.165, 1.54) is 18.2 Å². The average Bonchev–Trinajstić information content (AvgIpc) is 2.66. The Labute approximate surface area is 154 Å². The molecule has 1 fully saturated rings. The summed E-state index contributed by atoms with van der Waals surface area (Å²) in [6.07, 6.45) is 4.28. The van der Waals surface area contributed by atoms with Gasteiger partial charge in [0.05, 0.1) is 0 Å². The fourth-order valence-corrected chi connectivity index (χ4v) is 3.03. The molecule has 1 aliphatic rings. The van der Waals surface area contributed by atoms with Gasteiger partial charge in [-0.1, -0.05) is 19.4 Å². The quantitative estimate of drug-likeness (QED) is 0.685. The van der Waals surface area contributed by atoms with Crippen LogP contribution in [0.25, 0.3) is 0 Å². The van der Waals surface area contributed by atoms with Gasteiger partial charge in [0.1, 0.15) is 5.82 Å². The molecule has 0 saturated carbocycles. The number of benzene rings is 1. The molecular weight excluding hydrogens is 335 g/mol. The molecule has 0 radical (unpaired) electrons. The number of halogens is 1. The van der Waals surface area contributed by atoms with E-state index >= 15 is 0 Å². The van der Waals surface area contributed by atoms with E-state index in [-0.39, 0.29) is 17.7 Å². The first-order chi connectivity index (χ1) is 12.6. The van der Waals surface area contributed by atoms with Gasteiger partial charge in [-0.05, 0) is 43.9 Å². The number of carbonyl (C=O) groups excluding carboxylic acids is 2. The van der Waals surface area contributed by atoms with Crippen molar-refractivity contribution in [1.29, 1.82) is 0 Å². The molecule has 0 bridgehead atoms. The summed E-state index contributed by atoms with van der Waals surface area (Å²) in [6.45, 7) is 5.23. The third-order valence-electron chi connectivity index (χ3n) is 4.63. The topological polar surface area (TPSA) is 58.6 Å². The van der Waals surface area contributed by atoms with Gasteiger partial charge in [0.25, 0.3) is 5.91 Å². The maximum Gasteiger partial charge on any atom is 0.253 e. The van der Waals surface area contributed by atoms with Gasteiger partial charge in [-0.15, -0.1) is 0 Å². The lowest BCUT2D eigenvalue weighted by Gasteiger charge is -2.31. The third kappa shape index (κ3) is 6.41. The summed E-state index contributed by atoms with van der Waals surface area (Å²) < 4.78 is 18.7. The summed E-state index contributed by atoms with van der Waals surface area (Å²) in [5.74, 6) is -0.597. The average molecular weight is 364 g/mol. The van der Waals surface area contributed by atoms with Crippen LogP contribution in [0.4, 0.5) is 4.39 Å². The van der Waals surface area contributed by atoms with Crippen LogP contribution in [0.15, 0.2) is 24.3 Å². The molecule has 2 rings (SSSR count). The number of nitrogens with one attached hydrogen (secondary N) is 1. The molecule has 2 amide bonds. The molecule has 26 heavy (non-hydrogen) atoms. The number of rotatable bonds is 9. The minimum atomic E-state index is -0.413. The van der Waals surface area contributed by atoms with E-state index in [1.807, 2.05) is 0 Å². The van der Waals surface area contributed by atoms with Crippen LogP contribution in [0, 0.1) is 11.7 Å². The Morgan fingerprint density at radius 1 is 1.23 bits per heavy atom. The normalized spacial score (nSPS) is 15.1. The van der Waals surface area contributed by atoms with E-state index < -0.39 is 5.82 Å². The van der Waals surface area contributed by atoms with Crippen molar-refractivity contribution in [3.8, 4) is 0 Å². The molecule has 5 nitrogen and oxygen atoms in total. The number of unbranched alkanes of at least 4 members (excludes halogenated alkanes) is 1. The first-order valence-corrected chi connectivity index (χ1v) is 9.52. The van der Waals surface area contributed by atoms with Gasteiger partial charge < -0.3 is 15.0 Å². The van der Waals surface area contributed by atoms with Crippen LogP contribution in [0.3, 0.4) is 0 Å². The molecular formula is C20H29FN2O3. The Balaban J connectivity index is 1.66. The predicted molar refractivity (Wildman–Crippen MR) is 98.4 cm³/mol. The number of hydrogen-bond acceptors (Lipinski definition) is 3. The zero-order chi connectivity index (χ0) is 18.8. The molecule has 6 heteroatoms. The fraction of sp³-hybridized carbons (Fsp3) is 0.600. The lowest BCUT2D eigenvalue weighted by molar-refractivity contribution is -0.126. The first kappa shape index (κ1) is 20.4. The van der Waals surface area contributed by atoms with Crippen LogP contribution in [0.5, 0.6) is 0 Å². The summed E-state index contributed by atoms with van der Waals surface area (Å²) in [5, 5.41) is 2.95. The number of carbonyl (C=O) groups is 2. The fourth-order valence-electron chi connectivity index (χ4n) is 3.03. The third-order valence-corrected chi connectivity index (χ3v) is 4.63. The monoisotopic (exact) mass is 364 g/mol. The van der Waals surface area contributed by atoms with Crippen molar-refractivity contribution in [3.63, 3.8) is 0 Å². The summed E-state index contributed by atoms with van der Waals surface area (Å²) in [7, 11) is 0. The molecule has 1 heterocycles. The predicted octanol–water partition coefficient (Wildman–Crippen LogP) is 3.00. The largest absolute Gasteiger partial charge is 0.381 e. The van der Waals surface area contributed by atoms with E-state index in [4.69, 9.17) is 4.74 Å². The molecule has 0 aliphatic carbocycles. The number of nitrogens with zero attached hydrogens (tertiary/aromatic N) is 1. The Bertz CT molecular complexity index is 586. The minimum Gasteiger partial charge on any atom is -0.381 e. The minimum absolute atomic E-state index is 0.0522. The SMILES string of the molecule is CCCCOCCCNC(=O)C1CCN(C(=O)c2cccc(F)c2)CC1. The van der Waals surface area contributed by atoms with Crippen LogP contribution in [-0.4, -0.2) is 49.6 Å². The van der Waals surface area contributed by atoms with E-state index in [0.29, 0.717) is 44.6 Å². The van der Waals surface area contributed by atoms with E-state index in [1.54, 1.807) is 11.0 Å². The molecule has 1 saturated heterocycles. The molecule has 0 aromatic heterocycles. The molecule has 1 N–H and O–H groups in total. The number of ether oxygens (including phenoxy) is 1. The Kier molecular flexibility index (Phi) is 8.54. The number of likely N-dealkylation sites (tertiary alicyclic amines) is 1. The van der Waals surface area contributed by atoms with Crippen LogP contribution in [0.2, 0.25) is 0 Å². The highest BCUT2D eigenvalue weighted by Gasteiger charge is 2.27. The molecule has 0 atom stereocenters. The van der Waals surface area contributed by atoms with Crippen molar-refractivity contribution < 1.29 is 18.7 Å². The highest BCUT2D eigenvalue weighted by atomic mass is 19.1. The van der Waals surface area contributed by atoms with Crippen molar-refractivity contribution in [2.75, 3.05) is 32.8 Å². The molecule has 1 aromatic rings. The van der Waals surface area contributed by atoms with E-state index in [0.717, 1.165) is 25.9 Å². The van der Waals surface area contributed by atoms with Crippen molar-refractivity contribution in [3.05, 3.63) is 35.6 Å². The maximum atomic E-state index is 13.3. The second kappa shape index (κ2) is 10.9. The van der Waals surface area contributed by atoms with Gasteiger partial charge in [0.15, 0.2) is 0 Å². The second-order valence-electron chi connectivity index (χ2n) is 6.69. The van der Waals surface area contributed by atoms with Gasteiger partial charge in [-0.3, -0.25) is 9.59 Å². The Hall–Kier alpha value is -1.95. The van der Waals surface area contributed by atoms with Crippen LogP contribution in [-0.2, 0) is 9.53 Å². The van der Waals surface area contributed by atoms with Gasteiger partial charge in [-0.25, -0.2) is 4.39 Å². The summed E-state index contributed by atoms with van der Waals surface area (Å²) in [5.41, 5.74) is 0.357. The van der Waals surface area contributed by atoms with Crippen LogP contribution >= 0.6 is 0 Å². The number of amides is 2. The van der Waals surface area contributed by atoms with E-state index in [2.05, 4.69) is 12.2 Å². The molecule has 1 aliphatic heterocycles. The van der Waals surface area contributed by atoms with Crippen molar-refractivity contribution >= 4 is 11.8 Å². The van der Waals surface area contributed by atoms with Crippen molar-refractivity contribution in [1.82, 2.24) is 10.2 Å². The molecule has 0 unspecified atom stereocenters. The van der Waals surface area contributed by atoms with Crippen LogP contribution < -0.4 is 5.32 Å². The lowest BCUT2D eigenvalue weighted by Crippen LogP contribution is -2.43. The van der Waals surface area contributed by atoms with Crippen molar-refractivity contribution in [2.45, 2.75) is 39.0 Å². The zero-order valence-electron chi connectivity index (χ0n) is 15.5. The van der Waals surface area contributed by atoms with E-state index in [9.17, 15) is 14.0 Å². The van der Waals surface area contributed by atoms with Gasteiger partial charge in [-0.2, -0.15) is 0 Å². The molecule has 1 aromatic carbocycles. The number of piperidine rings is 1. The highest BCUT2D eigenvalue weighted by molar-refractivity contribution is 5.94. The van der Waals surface area contributed by atoms with Crippen LogP contribution in [0.1, 0.15) is 49.4 Å². The number of hydrogen-bond donors (Lipinski definition) is 1. The summed E-state index contributed by atoms with van der Waals surface area (Å²) in [4.78, 5) is 26.3. The molecule has 144 valence electrons. The Morgan fingerprint density at radius 3 is 2.65 bits per heavy atom. The summed E-state index contributed by atoms with van der Waals surface area (Å²) in [6, 6.07) is 5.73. The maximum absolute atomic E-state index is 13.3. The Morgan fingerprint density at radius 2 is 1.96 bits per heavy atom. The highest BCUT2D eigenvalue weighted by Crippen LogP contribution is 2.19. The zero-order valence-corrected chi connectivity index (χ0v) is 15.5. The molecule has 0 spiro atoms. The first-order valence-electron chi connectivity index (χ1n) is 9.52. The lowest BCUT2D eigenvalue weighted by atomic mass is 9.95. The van der Waals surface area contributed by atoms with Gasteiger partial charge >= 0.3 is 0 Å².